The van der Waals surface area contributed by atoms with Crippen LogP contribution in [0.25, 0.3) is 0 Å². The van der Waals surface area contributed by atoms with Gasteiger partial charge in [-0.2, -0.15) is 0 Å². The Labute approximate surface area is 126 Å². The molecule has 19 heavy (non-hydrogen) atoms. The second kappa shape index (κ2) is 7.52. The van der Waals surface area contributed by atoms with Crippen LogP contribution in [-0.4, -0.2) is 6.04 Å². The maximum atomic E-state index is 6.04. The molecule has 0 unspecified atom stereocenters. The Morgan fingerprint density at radius 1 is 1.11 bits per heavy atom. The maximum Gasteiger partial charge on any atom is 0.0595 e. The van der Waals surface area contributed by atoms with Crippen LogP contribution < -0.4 is 5.32 Å². The van der Waals surface area contributed by atoms with Crippen molar-refractivity contribution in [1.29, 1.82) is 0 Å². The van der Waals surface area contributed by atoms with Gasteiger partial charge in [-0.1, -0.05) is 55.0 Å². The Morgan fingerprint density at radius 2 is 1.79 bits per heavy atom. The van der Waals surface area contributed by atoms with Crippen LogP contribution in [0, 0.1) is 5.92 Å². The predicted molar refractivity (Wildman–Crippen MR) is 84.0 cm³/mol. The summed E-state index contributed by atoms with van der Waals surface area (Å²) in [7, 11) is 0. The molecule has 0 aliphatic heterocycles. The Balaban J connectivity index is 1.84. The summed E-state index contributed by atoms with van der Waals surface area (Å²) in [5.41, 5.74) is 1.20. The molecular formula is C16H23Cl2N. The van der Waals surface area contributed by atoms with E-state index in [-0.39, 0.29) is 0 Å². The van der Waals surface area contributed by atoms with Crippen molar-refractivity contribution in [3.05, 3.63) is 33.8 Å². The Hall–Kier alpha value is -0.240. The molecule has 1 aliphatic rings. The number of benzene rings is 1. The standard InChI is InChI=1S/C16H23Cl2N/c1-12(14-6-4-2-3-5-7-14)19-11-13-8-9-15(17)16(18)10-13/h8-10,12,14,19H,2-7,11H2,1H3/t12-/m0/s1. The molecule has 1 fully saturated rings. The maximum absolute atomic E-state index is 6.04. The van der Waals surface area contributed by atoms with E-state index in [4.69, 9.17) is 23.2 Å². The van der Waals surface area contributed by atoms with Crippen molar-refractivity contribution in [2.45, 2.75) is 58.0 Å². The van der Waals surface area contributed by atoms with Gasteiger partial charge in [0.05, 0.1) is 10.0 Å². The van der Waals surface area contributed by atoms with Gasteiger partial charge in [-0.3, -0.25) is 0 Å². The van der Waals surface area contributed by atoms with Crippen molar-refractivity contribution in [1.82, 2.24) is 5.32 Å². The van der Waals surface area contributed by atoms with Crippen LogP contribution in [-0.2, 0) is 6.54 Å². The highest BCUT2D eigenvalue weighted by atomic mass is 35.5. The van der Waals surface area contributed by atoms with Gasteiger partial charge >= 0.3 is 0 Å². The first kappa shape index (κ1) is 15.2. The molecule has 3 heteroatoms. The lowest BCUT2D eigenvalue weighted by atomic mass is 9.93. The lowest BCUT2D eigenvalue weighted by Gasteiger charge is -2.23. The first-order valence-electron chi connectivity index (χ1n) is 7.34. The van der Waals surface area contributed by atoms with E-state index >= 15 is 0 Å². The molecule has 0 bridgehead atoms. The van der Waals surface area contributed by atoms with Gasteiger partial charge < -0.3 is 5.32 Å². The molecule has 0 radical (unpaired) electrons. The summed E-state index contributed by atoms with van der Waals surface area (Å²) >= 11 is 12.0. The van der Waals surface area contributed by atoms with E-state index in [1.54, 1.807) is 0 Å². The molecule has 1 N–H and O–H groups in total. The van der Waals surface area contributed by atoms with Gasteiger partial charge in [-0.05, 0) is 43.4 Å². The summed E-state index contributed by atoms with van der Waals surface area (Å²) in [6.45, 7) is 3.18. The van der Waals surface area contributed by atoms with Gasteiger partial charge in [0.2, 0.25) is 0 Å². The Kier molecular flexibility index (Phi) is 6.00. The fourth-order valence-electron chi connectivity index (χ4n) is 2.91. The molecule has 2 rings (SSSR count). The molecule has 1 saturated carbocycles. The highest BCUT2D eigenvalue weighted by Crippen LogP contribution is 2.26. The van der Waals surface area contributed by atoms with Crippen molar-refractivity contribution in [3.63, 3.8) is 0 Å². The minimum Gasteiger partial charge on any atom is -0.310 e. The van der Waals surface area contributed by atoms with Gasteiger partial charge in [0, 0.05) is 12.6 Å². The summed E-state index contributed by atoms with van der Waals surface area (Å²) in [5, 5.41) is 4.91. The zero-order chi connectivity index (χ0) is 13.7. The van der Waals surface area contributed by atoms with E-state index < -0.39 is 0 Å². The zero-order valence-corrected chi connectivity index (χ0v) is 13.1. The minimum absolute atomic E-state index is 0.576. The summed E-state index contributed by atoms with van der Waals surface area (Å²) in [4.78, 5) is 0. The van der Waals surface area contributed by atoms with Crippen LogP contribution >= 0.6 is 23.2 Å². The van der Waals surface area contributed by atoms with Gasteiger partial charge in [-0.15, -0.1) is 0 Å². The van der Waals surface area contributed by atoms with Crippen LogP contribution in [0.3, 0.4) is 0 Å². The lowest BCUT2D eigenvalue weighted by molar-refractivity contribution is 0.336. The monoisotopic (exact) mass is 299 g/mol. The highest BCUT2D eigenvalue weighted by molar-refractivity contribution is 6.42. The molecule has 1 aliphatic carbocycles. The second-order valence-corrected chi connectivity index (χ2v) is 6.48. The lowest BCUT2D eigenvalue weighted by Crippen LogP contribution is -2.32. The third-order valence-corrected chi connectivity index (χ3v) is 4.96. The number of hydrogen-bond acceptors (Lipinski definition) is 1. The van der Waals surface area contributed by atoms with Crippen molar-refractivity contribution in [3.8, 4) is 0 Å². The molecule has 1 aromatic carbocycles. The SMILES string of the molecule is C[C@H](NCc1ccc(Cl)c(Cl)c1)C1CCCCCC1. The van der Waals surface area contributed by atoms with E-state index in [2.05, 4.69) is 12.2 Å². The highest BCUT2D eigenvalue weighted by Gasteiger charge is 2.18. The van der Waals surface area contributed by atoms with Crippen molar-refractivity contribution in [2.24, 2.45) is 5.92 Å². The average Bonchev–Trinajstić information content (AvgIpc) is 2.69. The van der Waals surface area contributed by atoms with Crippen LogP contribution in [0.1, 0.15) is 51.0 Å². The van der Waals surface area contributed by atoms with E-state index in [0.717, 1.165) is 12.5 Å². The molecule has 0 amide bonds. The van der Waals surface area contributed by atoms with Crippen molar-refractivity contribution in [2.75, 3.05) is 0 Å². The van der Waals surface area contributed by atoms with Crippen LogP contribution in [0.15, 0.2) is 18.2 Å². The molecule has 0 saturated heterocycles. The fourth-order valence-corrected chi connectivity index (χ4v) is 3.23. The third-order valence-electron chi connectivity index (χ3n) is 4.22. The topological polar surface area (TPSA) is 12.0 Å². The molecule has 0 heterocycles. The third kappa shape index (κ3) is 4.66. The van der Waals surface area contributed by atoms with Crippen molar-refractivity contribution >= 4 is 23.2 Å². The summed E-state index contributed by atoms with van der Waals surface area (Å²) in [6, 6.07) is 6.45. The van der Waals surface area contributed by atoms with Gasteiger partial charge in [0.25, 0.3) is 0 Å². The number of hydrogen-bond donors (Lipinski definition) is 1. The molecule has 1 atom stereocenters. The first-order valence-corrected chi connectivity index (χ1v) is 8.09. The molecule has 1 aromatic rings. The molecule has 1 nitrogen and oxygen atoms in total. The minimum atomic E-state index is 0.576. The average molecular weight is 300 g/mol. The molecule has 106 valence electrons. The van der Waals surface area contributed by atoms with E-state index in [1.165, 1.54) is 44.1 Å². The molecular weight excluding hydrogens is 277 g/mol. The largest absolute Gasteiger partial charge is 0.310 e. The van der Waals surface area contributed by atoms with Gasteiger partial charge in [0.15, 0.2) is 0 Å². The Bertz CT molecular complexity index is 398. The summed E-state index contributed by atoms with van der Waals surface area (Å²) in [6.07, 6.45) is 8.35. The van der Waals surface area contributed by atoms with Crippen LogP contribution in [0.5, 0.6) is 0 Å². The van der Waals surface area contributed by atoms with Crippen LogP contribution in [0.4, 0.5) is 0 Å². The number of nitrogens with one attached hydrogen (secondary N) is 1. The van der Waals surface area contributed by atoms with E-state index in [1.807, 2.05) is 18.2 Å². The van der Waals surface area contributed by atoms with E-state index in [9.17, 15) is 0 Å². The number of halogens is 2. The Morgan fingerprint density at radius 3 is 2.42 bits per heavy atom. The quantitative estimate of drug-likeness (QED) is 0.730. The predicted octanol–water partition coefficient (Wildman–Crippen LogP) is 5.44. The summed E-state index contributed by atoms with van der Waals surface area (Å²) in [5.74, 6) is 0.824. The van der Waals surface area contributed by atoms with Gasteiger partial charge in [-0.25, -0.2) is 0 Å². The zero-order valence-electron chi connectivity index (χ0n) is 11.6. The molecule has 0 spiro atoms. The normalized spacial score (nSPS) is 19.1. The molecule has 0 aromatic heterocycles. The van der Waals surface area contributed by atoms with Crippen LogP contribution in [0.2, 0.25) is 10.0 Å². The van der Waals surface area contributed by atoms with E-state index in [0.29, 0.717) is 16.1 Å². The summed E-state index contributed by atoms with van der Waals surface area (Å²) < 4.78 is 0. The first-order chi connectivity index (χ1) is 9.16. The fraction of sp³-hybridized carbons (Fsp3) is 0.625. The van der Waals surface area contributed by atoms with Crippen molar-refractivity contribution < 1.29 is 0 Å². The second-order valence-electron chi connectivity index (χ2n) is 5.67. The van der Waals surface area contributed by atoms with Gasteiger partial charge in [0.1, 0.15) is 0 Å². The smallest absolute Gasteiger partial charge is 0.0595 e. The number of rotatable bonds is 4.